The molecule has 6 nitrogen and oxygen atoms in total. The van der Waals surface area contributed by atoms with E-state index >= 15 is 0 Å². The van der Waals surface area contributed by atoms with E-state index in [2.05, 4.69) is 10.3 Å². The molecule has 0 aliphatic heterocycles. The summed E-state index contributed by atoms with van der Waals surface area (Å²) in [5.41, 5.74) is 2.81. The number of aryl methyl sites for hydroxylation is 1. The van der Waals surface area contributed by atoms with Gasteiger partial charge in [-0.2, -0.15) is 0 Å². The average Bonchev–Trinajstić information content (AvgIpc) is 3.05. The molecule has 0 bridgehead atoms. The third kappa shape index (κ3) is 5.12. The number of aromatic nitrogens is 1. The van der Waals surface area contributed by atoms with E-state index in [1.54, 1.807) is 18.3 Å². The standard InChI is InChI=1S/C19H16ClN3O3S/c1-12-2-3-14(9-17(12)20)8-16-11-21-19(27-16)22-18(24)10-13-4-6-15(7-5-13)23(25)26/h2-7,9,11H,8,10H2,1H3,(H,21,22,24). The second kappa shape index (κ2) is 8.28. The summed E-state index contributed by atoms with van der Waals surface area (Å²) in [6, 6.07) is 11.9. The Labute approximate surface area is 165 Å². The summed E-state index contributed by atoms with van der Waals surface area (Å²) in [5, 5.41) is 14.7. The van der Waals surface area contributed by atoms with Crippen molar-refractivity contribution >= 4 is 39.7 Å². The Morgan fingerprint density at radius 1 is 1.22 bits per heavy atom. The van der Waals surface area contributed by atoms with Crippen molar-refractivity contribution in [1.82, 2.24) is 4.98 Å². The van der Waals surface area contributed by atoms with Crippen LogP contribution in [0, 0.1) is 17.0 Å². The summed E-state index contributed by atoms with van der Waals surface area (Å²) < 4.78 is 0. The molecular formula is C19H16ClN3O3S. The van der Waals surface area contributed by atoms with E-state index in [1.807, 2.05) is 25.1 Å². The fourth-order valence-corrected chi connectivity index (χ4v) is 3.54. The number of nitrogens with zero attached hydrogens (tertiary/aromatic N) is 2. The molecule has 3 aromatic rings. The van der Waals surface area contributed by atoms with Crippen molar-refractivity contribution in [1.29, 1.82) is 0 Å². The summed E-state index contributed by atoms with van der Waals surface area (Å²) in [7, 11) is 0. The van der Waals surface area contributed by atoms with Crippen LogP contribution in [0.3, 0.4) is 0 Å². The maximum Gasteiger partial charge on any atom is 0.269 e. The molecule has 27 heavy (non-hydrogen) atoms. The molecule has 1 aromatic heterocycles. The predicted molar refractivity (Wildman–Crippen MR) is 107 cm³/mol. The Kier molecular flexibility index (Phi) is 5.83. The minimum atomic E-state index is -0.470. The molecule has 0 saturated carbocycles. The van der Waals surface area contributed by atoms with Crippen molar-refractivity contribution in [3.8, 4) is 0 Å². The number of anilines is 1. The number of hydrogen-bond acceptors (Lipinski definition) is 5. The molecule has 0 aliphatic carbocycles. The fraction of sp³-hybridized carbons (Fsp3) is 0.158. The number of nitro groups is 1. The van der Waals surface area contributed by atoms with Gasteiger partial charge in [-0.05, 0) is 29.7 Å². The molecule has 1 amide bonds. The van der Waals surface area contributed by atoms with E-state index in [9.17, 15) is 14.9 Å². The van der Waals surface area contributed by atoms with Crippen LogP contribution >= 0.6 is 22.9 Å². The first kappa shape index (κ1) is 19.0. The normalized spacial score (nSPS) is 10.6. The van der Waals surface area contributed by atoms with Gasteiger partial charge < -0.3 is 5.32 Å². The number of rotatable bonds is 6. The smallest absolute Gasteiger partial charge is 0.269 e. The molecular weight excluding hydrogens is 386 g/mol. The predicted octanol–water partition coefficient (Wildman–Crippen LogP) is 4.79. The Morgan fingerprint density at radius 2 is 1.93 bits per heavy atom. The molecule has 0 aliphatic rings. The van der Waals surface area contributed by atoms with Crippen molar-refractivity contribution in [2.75, 3.05) is 5.32 Å². The van der Waals surface area contributed by atoms with Crippen molar-refractivity contribution in [3.63, 3.8) is 0 Å². The van der Waals surface area contributed by atoms with Crippen LogP contribution in [0.5, 0.6) is 0 Å². The number of amides is 1. The van der Waals surface area contributed by atoms with E-state index in [1.165, 1.54) is 23.5 Å². The van der Waals surface area contributed by atoms with Crippen molar-refractivity contribution in [2.24, 2.45) is 0 Å². The van der Waals surface area contributed by atoms with E-state index in [-0.39, 0.29) is 18.0 Å². The maximum absolute atomic E-state index is 12.2. The molecule has 0 saturated heterocycles. The van der Waals surface area contributed by atoms with Gasteiger partial charge in [0.1, 0.15) is 0 Å². The third-order valence-electron chi connectivity index (χ3n) is 3.93. The molecule has 8 heteroatoms. The van der Waals surface area contributed by atoms with Gasteiger partial charge in [-0.25, -0.2) is 4.98 Å². The monoisotopic (exact) mass is 401 g/mol. The topological polar surface area (TPSA) is 85.1 Å². The largest absolute Gasteiger partial charge is 0.302 e. The van der Waals surface area contributed by atoms with Gasteiger partial charge in [0, 0.05) is 34.7 Å². The molecule has 0 spiro atoms. The quantitative estimate of drug-likeness (QED) is 0.475. The highest BCUT2D eigenvalue weighted by Gasteiger charge is 2.10. The van der Waals surface area contributed by atoms with Gasteiger partial charge in [-0.15, -0.1) is 11.3 Å². The zero-order chi connectivity index (χ0) is 19.4. The molecule has 3 rings (SSSR count). The van der Waals surface area contributed by atoms with Crippen LogP contribution in [0.25, 0.3) is 0 Å². The van der Waals surface area contributed by atoms with Crippen LogP contribution in [0.15, 0.2) is 48.7 Å². The number of benzene rings is 2. The number of nitro benzene ring substituents is 1. The van der Waals surface area contributed by atoms with E-state index in [0.29, 0.717) is 17.1 Å². The van der Waals surface area contributed by atoms with Crippen molar-refractivity contribution in [2.45, 2.75) is 19.8 Å². The number of carbonyl (C=O) groups is 1. The number of hydrogen-bond donors (Lipinski definition) is 1. The first-order chi connectivity index (χ1) is 12.9. The molecule has 1 heterocycles. The lowest BCUT2D eigenvalue weighted by Crippen LogP contribution is -2.14. The summed E-state index contributed by atoms with van der Waals surface area (Å²) >= 11 is 7.56. The Balaban J connectivity index is 1.58. The number of carbonyl (C=O) groups excluding carboxylic acids is 1. The first-order valence-corrected chi connectivity index (χ1v) is 9.33. The Hall–Kier alpha value is -2.77. The highest BCUT2D eigenvalue weighted by Crippen LogP contribution is 2.24. The second-order valence-electron chi connectivity index (χ2n) is 6.04. The van der Waals surface area contributed by atoms with Crippen molar-refractivity contribution < 1.29 is 9.72 Å². The third-order valence-corrected chi connectivity index (χ3v) is 5.25. The molecule has 0 unspecified atom stereocenters. The Bertz CT molecular complexity index is 986. The highest BCUT2D eigenvalue weighted by atomic mass is 35.5. The molecule has 0 fully saturated rings. The van der Waals surface area contributed by atoms with Crippen LogP contribution in [0.2, 0.25) is 5.02 Å². The maximum atomic E-state index is 12.2. The van der Waals surface area contributed by atoms with E-state index in [0.717, 1.165) is 21.0 Å². The van der Waals surface area contributed by atoms with Gasteiger partial charge >= 0.3 is 0 Å². The second-order valence-corrected chi connectivity index (χ2v) is 7.56. The van der Waals surface area contributed by atoms with Crippen LogP contribution in [0.4, 0.5) is 10.8 Å². The highest BCUT2D eigenvalue weighted by molar-refractivity contribution is 7.15. The average molecular weight is 402 g/mol. The van der Waals surface area contributed by atoms with Crippen LogP contribution in [-0.2, 0) is 17.6 Å². The number of nitrogens with one attached hydrogen (secondary N) is 1. The molecule has 0 atom stereocenters. The lowest BCUT2D eigenvalue weighted by molar-refractivity contribution is -0.384. The van der Waals surface area contributed by atoms with E-state index in [4.69, 9.17) is 11.6 Å². The molecule has 1 N–H and O–H groups in total. The summed E-state index contributed by atoms with van der Waals surface area (Å²) in [4.78, 5) is 27.6. The lowest BCUT2D eigenvalue weighted by Gasteiger charge is -2.03. The number of halogens is 1. The Morgan fingerprint density at radius 3 is 2.59 bits per heavy atom. The zero-order valence-corrected chi connectivity index (χ0v) is 16.0. The lowest BCUT2D eigenvalue weighted by atomic mass is 10.1. The summed E-state index contributed by atoms with van der Waals surface area (Å²) in [5.74, 6) is -0.219. The fourth-order valence-electron chi connectivity index (χ4n) is 2.48. The summed E-state index contributed by atoms with van der Waals surface area (Å²) in [6.45, 7) is 1.96. The van der Waals surface area contributed by atoms with Crippen LogP contribution < -0.4 is 5.32 Å². The van der Waals surface area contributed by atoms with Gasteiger partial charge in [-0.1, -0.05) is 35.9 Å². The van der Waals surface area contributed by atoms with Gasteiger partial charge in [0.05, 0.1) is 11.3 Å². The zero-order valence-electron chi connectivity index (χ0n) is 14.4. The van der Waals surface area contributed by atoms with Crippen LogP contribution in [-0.4, -0.2) is 15.8 Å². The van der Waals surface area contributed by atoms with Gasteiger partial charge in [0.15, 0.2) is 5.13 Å². The molecule has 0 radical (unpaired) electrons. The SMILES string of the molecule is Cc1ccc(Cc2cnc(NC(=O)Cc3ccc([N+](=O)[O-])cc3)s2)cc1Cl. The molecule has 138 valence electrons. The minimum absolute atomic E-state index is 0.0000624. The minimum Gasteiger partial charge on any atom is -0.302 e. The van der Waals surface area contributed by atoms with Crippen LogP contribution in [0.1, 0.15) is 21.6 Å². The van der Waals surface area contributed by atoms with E-state index < -0.39 is 4.92 Å². The van der Waals surface area contributed by atoms with Gasteiger partial charge in [-0.3, -0.25) is 14.9 Å². The van der Waals surface area contributed by atoms with Gasteiger partial charge in [0.25, 0.3) is 5.69 Å². The first-order valence-electron chi connectivity index (χ1n) is 8.13. The number of non-ortho nitro benzene ring substituents is 1. The summed E-state index contributed by atoms with van der Waals surface area (Å²) in [6.07, 6.45) is 2.55. The molecule has 2 aromatic carbocycles. The van der Waals surface area contributed by atoms with Gasteiger partial charge in [0.2, 0.25) is 5.91 Å². The number of thiazole rings is 1. The van der Waals surface area contributed by atoms with Crippen molar-refractivity contribution in [3.05, 3.63) is 85.4 Å².